The van der Waals surface area contributed by atoms with Crippen LogP contribution in [0.25, 0.3) is 0 Å². The predicted octanol–water partition coefficient (Wildman–Crippen LogP) is 2.03. The molecule has 1 aromatic heterocycles. The molecule has 3 aliphatic rings. The summed E-state index contributed by atoms with van der Waals surface area (Å²) in [4.78, 5) is 30.2. The molecule has 2 saturated heterocycles. The Hall–Kier alpha value is -1.96. The van der Waals surface area contributed by atoms with Crippen LogP contribution in [0.2, 0.25) is 0 Å². The number of hydrogen-bond acceptors (Lipinski definition) is 5. The van der Waals surface area contributed by atoms with Crippen molar-refractivity contribution in [1.29, 1.82) is 0 Å². The number of rotatable bonds is 3. The second-order valence-corrected chi connectivity index (χ2v) is 8.60. The number of methoxy groups -OCH3 is 1. The maximum atomic E-state index is 13.3. The van der Waals surface area contributed by atoms with Gasteiger partial charge < -0.3 is 19.1 Å². The molecule has 0 atom stereocenters. The third-order valence-electron chi connectivity index (χ3n) is 6.83. The van der Waals surface area contributed by atoms with Crippen molar-refractivity contribution < 1.29 is 14.3 Å². The molecular formula is C21H33N5O3. The Morgan fingerprint density at radius 3 is 2.17 bits per heavy atom. The van der Waals surface area contributed by atoms with Crippen LogP contribution in [0, 0.1) is 0 Å². The summed E-state index contributed by atoms with van der Waals surface area (Å²) in [6, 6.07) is 0. The lowest BCUT2D eigenvalue weighted by Gasteiger charge is -2.41. The molecule has 3 aliphatic heterocycles. The summed E-state index contributed by atoms with van der Waals surface area (Å²) in [5, 5.41) is 8.46. The molecular weight excluding hydrogens is 370 g/mol. The second-order valence-electron chi connectivity index (χ2n) is 8.60. The van der Waals surface area contributed by atoms with Crippen LogP contribution >= 0.6 is 0 Å². The molecule has 1 aromatic rings. The van der Waals surface area contributed by atoms with Crippen LogP contribution in [0.1, 0.15) is 74.2 Å². The molecule has 0 radical (unpaired) electrons. The first kappa shape index (κ1) is 20.3. The van der Waals surface area contributed by atoms with Crippen LogP contribution in [-0.2, 0) is 22.5 Å². The van der Waals surface area contributed by atoms with E-state index in [-0.39, 0.29) is 11.8 Å². The quantitative estimate of drug-likeness (QED) is 0.771. The molecule has 0 aromatic carbocycles. The fraction of sp³-hybridized carbons (Fsp3) is 0.810. The van der Waals surface area contributed by atoms with Gasteiger partial charge in [-0.3, -0.25) is 9.59 Å². The van der Waals surface area contributed by atoms with E-state index in [0.717, 1.165) is 64.0 Å². The van der Waals surface area contributed by atoms with Crippen molar-refractivity contribution in [3.05, 3.63) is 11.6 Å². The summed E-state index contributed by atoms with van der Waals surface area (Å²) in [6.45, 7) is 3.46. The van der Waals surface area contributed by atoms with Gasteiger partial charge in [-0.05, 0) is 25.7 Å². The molecule has 4 heterocycles. The number of hydrogen-bond donors (Lipinski definition) is 0. The van der Waals surface area contributed by atoms with E-state index >= 15 is 0 Å². The topological polar surface area (TPSA) is 80.6 Å². The molecule has 0 bridgehead atoms. The predicted molar refractivity (Wildman–Crippen MR) is 108 cm³/mol. The lowest BCUT2D eigenvalue weighted by Crippen LogP contribution is -2.57. The van der Waals surface area contributed by atoms with Crippen molar-refractivity contribution in [1.82, 2.24) is 24.6 Å². The van der Waals surface area contributed by atoms with E-state index in [4.69, 9.17) is 4.74 Å². The number of ether oxygens (including phenoxy) is 1. The Balaban J connectivity index is 1.43. The van der Waals surface area contributed by atoms with Crippen LogP contribution in [0.3, 0.4) is 0 Å². The van der Waals surface area contributed by atoms with Gasteiger partial charge in [0.15, 0.2) is 0 Å². The molecule has 29 heavy (non-hydrogen) atoms. The normalized spacial score (nSPS) is 22.5. The molecule has 2 amide bonds. The fourth-order valence-corrected chi connectivity index (χ4v) is 4.92. The van der Waals surface area contributed by atoms with E-state index in [0.29, 0.717) is 31.8 Å². The molecule has 0 N–H and O–H groups in total. The van der Waals surface area contributed by atoms with Gasteiger partial charge >= 0.3 is 0 Å². The Morgan fingerprint density at radius 1 is 0.828 bits per heavy atom. The van der Waals surface area contributed by atoms with E-state index in [1.54, 1.807) is 7.11 Å². The van der Waals surface area contributed by atoms with Gasteiger partial charge in [0.1, 0.15) is 11.4 Å². The van der Waals surface area contributed by atoms with Gasteiger partial charge in [-0.25, -0.2) is 0 Å². The SMILES string of the molecule is COC1(C(=O)N2CCCCCC2)CCN(C(=O)c2nnc3n2CCCCC3)CC1. The summed E-state index contributed by atoms with van der Waals surface area (Å²) in [5.74, 6) is 1.40. The molecule has 160 valence electrons. The van der Waals surface area contributed by atoms with Crippen LogP contribution in [0.4, 0.5) is 0 Å². The minimum absolute atomic E-state index is 0.0717. The molecule has 4 rings (SSSR count). The number of likely N-dealkylation sites (tertiary alicyclic amines) is 2. The van der Waals surface area contributed by atoms with Gasteiger partial charge in [-0.1, -0.05) is 19.3 Å². The standard InChI is InChI=1S/C21H33N5O3/c1-29-21(20(28)25-12-6-2-3-7-13-25)10-15-24(16-11-21)19(27)18-23-22-17-9-5-4-8-14-26(17)18/h2-16H2,1H3. The Morgan fingerprint density at radius 2 is 1.48 bits per heavy atom. The van der Waals surface area contributed by atoms with Crippen molar-refractivity contribution in [3.8, 4) is 0 Å². The van der Waals surface area contributed by atoms with Crippen LogP contribution in [-0.4, -0.2) is 75.3 Å². The third-order valence-corrected chi connectivity index (χ3v) is 6.83. The van der Waals surface area contributed by atoms with Gasteiger partial charge in [-0.15, -0.1) is 10.2 Å². The van der Waals surface area contributed by atoms with Crippen molar-refractivity contribution in [2.45, 2.75) is 76.4 Å². The third kappa shape index (κ3) is 4.04. The van der Waals surface area contributed by atoms with Gasteiger partial charge in [0, 0.05) is 59.1 Å². The lowest BCUT2D eigenvalue weighted by atomic mass is 9.89. The van der Waals surface area contributed by atoms with Crippen molar-refractivity contribution in [3.63, 3.8) is 0 Å². The number of carbonyl (C=O) groups is 2. The molecule has 8 heteroatoms. The van der Waals surface area contributed by atoms with Crippen molar-refractivity contribution >= 4 is 11.8 Å². The first-order valence-electron chi connectivity index (χ1n) is 11.2. The van der Waals surface area contributed by atoms with Gasteiger partial charge in [-0.2, -0.15) is 0 Å². The molecule has 0 unspecified atom stereocenters. The first-order chi connectivity index (χ1) is 14.1. The highest BCUT2D eigenvalue weighted by Gasteiger charge is 2.45. The summed E-state index contributed by atoms with van der Waals surface area (Å²) in [7, 11) is 1.63. The zero-order valence-electron chi connectivity index (χ0n) is 17.6. The molecule has 8 nitrogen and oxygen atoms in total. The van der Waals surface area contributed by atoms with Crippen LogP contribution in [0.5, 0.6) is 0 Å². The van der Waals surface area contributed by atoms with E-state index in [1.807, 2.05) is 14.4 Å². The van der Waals surface area contributed by atoms with Gasteiger partial charge in [0.05, 0.1) is 0 Å². The van der Waals surface area contributed by atoms with Gasteiger partial charge in [0.2, 0.25) is 5.82 Å². The molecule has 2 fully saturated rings. The maximum absolute atomic E-state index is 13.3. The minimum atomic E-state index is -0.803. The average Bonchev–Trinajstić information content (AvgIpc) is 2.95. The highest BCUT2D eigenvalue weighted by atomic mass is 16.5. The zero-order chi connectivity index (χ0) is 20.3. The Bertz CT molecular complexity index is 731. The van der Waals surface area contributed by atoms with E-state index < -0.39 is 5.60 Å². The summed E-state index contributed by atoms with van der Waals surface area (Å²) in [6.07, 6.45) is 9.78. The van der Waals surface area contributed by atoms with Crippen LogP contribution in [0.15, 0.2) is 0 Å². The fourth-order valence-electron chi connectivity index (χ4n) is 4.92. The number of piperidine rings is 1. The number of carbonyl (C=O) groups excluding carboxylic acids is 2. The van der Waals surface area contributed by atoms with Crippen molar-refractivity contribution in [2.75, 3.05) is 33.3 Å². The van der Waals surface area contributed by atoms with E-state index in [1.165, 1.54) is 12.8 Å². The van der Waals surface area contributed by atoms with E-state index in [9.17, 15) is 9.59 Å². The molecule has 0 saturated carbocycles. The summed E-state index contributed by atoms with van der Waals surface area (Å²) >= 11 is 0. The number of aryl methyl sites for hydroxylation is 1. The first-order valence-corrected chi connectivity index (χ1v) is 11.2. The number of amides is 2. The highest BCUT2D eigenvalue weighted by Crippen LogP contribution is 2.30. The van der Waals surface area contributed by atoms with Crippen LogP contribution < -0.4 is 0 Å². The Labute approximate surface area is 172 Å². The second kappa shape index (κ2) is 8.81. The molecule has 0 aliphatic carbocycles. The van der Waals surface area contributed by atoms with Gasteiger partial charge in [0.25, 0.3) is 11.8 Å². The summed E-state index contributed by atoms with van der Waals surface area (Å²) < 4.78 is 7.79. The number of nitrogens with zero attached hydrogens (tertiary/aromatic N) is 5. The van der Waals surface area contributed by atoms with E-state index in [2.05, 4.69) is 10.2 Å². The lowest BCUT2D eigenvalue weighted by molar-refractivity contribution is -0.160. The summed E-state index contributed by atoms with van der Waals surface area (Å²) in [5.41, 5.74) is -0.803. The molecule has 0 spiro atoms. The monoisotopic (exact) mass is 403 g/mol. The highest BCUT2D eigenvalue weighted by molar-refractivity contribution is 5.91. The average molecular weight is 404 g/mol. The maximum Gasteiger partial charge on any atom is 0.291 e. The smallest absolute Gasteiger partial charge is 0.291 e. The minimum Gasteiger partial charge on any atom is -0.368 e. The Kier molecular flexibility index (Phi) is 6.18. The number of fused-ring (bicyclic) bond motifs is 1. The largest absolute Gasteiger partial charge is 0.368 e. The van der Waals surface area contributed by atoms with Crippen molar-refractivity contribution in [2.24, 2.45) is 0 Å². The zero-order valence-corrected chi connectivity index (χ0v) is 17.6. The number of aromatic nitrogens is 3.